The van der Waals surface area contributed by atoms with Crippen LogP contribution in [0.15, 0.2) is 54.6 Å². The highest BCUT2D eigenvalue weighted by Gasteiger charge is 2.22. The summed E-state index contributed by atoms with van der Waals surface area (Å²) < 4.78 is 6.01. The van der Waals surface area contributed by atoms with E-state index in [1.54, 1.807) is 0 Å². The van der Waals surface area contributed by atoms with E-state index in [4.69, 9.17) is 4.74 Å². The lowest BCUT2D eigenvalue weighted by atomic mass is 9.99. The Morgan fingerprint density at radius 3 is 2.62 bits per heavy atom. The second-order valence-corrected chi connectivity index (χ2v) is 5.73. The van der Waals surface area contributed by atoms with Gasteiger partial charge in [-0.25, -0.2) is 0 Å². The molecule has 0 spiro atoms. The molecule has 2 atom stereocenters. The SMILES string of the molecule is CNC(CCCC1Cc2ccccc2O1)c1ccccc1. The Morgan fingerprint density at radius 1 is 1.10 bits per heavy atom. The van der Waals surface area contributed by atoms with Gasteiger partial charge in [-0.2, -0.15) is 0 Å². The van der Waals surface area contributed by atoms with E-state index in [9.17, 15) is 0 Å². The Hall–Kier alpha value is -1.80. The Labute approximate surface area is 127 Å². The minimum Gasteiger partial charge on any atom is -0.490 e. The van der Waals surface area contributed by atoms with Gasteiger partial charge in [-0.15, -0.1) is 0 Å². The monoisotopic (exact) mass is 281 g/mol. The van der Waals surface area contributed by atoms with Crippen molar-refractivity contribution in [2.45, 2.75) is 37.8 Å². The van der Waals surface area contributed by atoms with Crippen LogP contribution in [0.5, 0.6) is 5.75 Å². The third-order valence-electron chi connectivity index (χ3n) is 4.28. The molecular formula is C19H23NO. The molecule has 1 aliphatic heterocycles. The summed E-state index contributed by atoms with van der Waals surface area (Å²) in [6, 6.07) is 19.5. The number of benzene rings is 2. The molecule has 2 aromatic carbocycles. The van der Waals surface area contributed by atoms with Crippen LogP contribution in [0.25, 0.3) is 0 Å². The van der Waals surface area contributed by atoms with E-state index >= 15 is 0 Å². The summed E-state index contributed by atoms with van der Waals surface area (Å²) in [4.78, 5) is 0. The van der Waals surface area contributed by atoms with Gasteiger partial charge < -0.3 is 10.1 Å². The molecule has 1 N–H and O–H groups in total. The van der Waals surface area contributed by atoms with Crippen molar-refractivity contribution in [1.82, 2.24) is 5.32 Å². The van der Waals surface area contributed by atoms with E-state index < -0.39 is 0 Å². The first kappa shape index (κ1) is 14.2. The first-order valence-corrected chi connectivity index (χ1v) is 7.83. The van der Waals surface area contributed by atoms with Gasteiger partial charge in [0.15, 0.2) is 0 Å². The quantitative estimate of drug-likeness (QED) is 0.860. The van der Waals surface area contributed by atoms with E-state index in [0.29, 0.717) is 12.1 Å². The molecule has 2 unspecified atom stereocenters. The molecule has 0 aliphatic carbocycles. The molecule has 1 aliphatic rings. The zero-order valence-electron chi connectivity index (χ0n) is 12.6. The molecule has 110 valence electrons. The topological polar surface area (TPSA) is 21.3 Å². The molecular weight excluding hydrogens is 258 g/mol. The standard InChI is InChI=1S/C19H23NO/c1-20-18(15-8-3-2-4-9-15)12-7-11-17-14-16-10-5-6-13-19(16)21-17/h2-6,8-10,13,17-18,20H,7,11-12,14H2,1H3. The number of rotatable bonds is 6. The van der Waals surface area contributed by atoms with Crippen molar-refractivity contribution in [3.05, 3.63) is 65.7 Å². The van der Waals surface area contributed by atoms with Crippen LogP contribution in [0.3, 0.4) is 0 Å². The maximum atomic E-state index is 6.01. The van der Waals surface area contributed by atoms with Crippen LogP contribution < -0.4 is 10.1 Å². The third kappa shape index (κ3) is 3.45. The molecule has 3 rings (SSSR count). The highest BCUT2D eigenvalue weighted by Crippen LogP contribution is 2.30. The molecule has 0 radical (unpaired) electrons. The number of fused-ring (bicyclic) bond motifs is 1. The average Bonchev–Trinajstić information content (AvgIpc) is 2.95. The first-order chi connectivity index (χ1) is 10.4. The first-order valence-electron chi connectivity index (χ1n) is 7.83. The van der Waals surface area contributed by atoms with Crippen molar-refractivity contribution in [2.24, 2.45) is 0 Å². The molecule has 21 heavy (non-hydrogen) atoms. The van der Waals surface area contributed by atoms with Gasteiger partial charge in [0.25, 0.3) is 0 Å². The van der Waals surface area contributed by atoms with E-state index in [1.165, 1.54) is 17.5 Å². The number of nitrogens with one attached hydrogen (secondary N) is 1. The smallest absolute Gasteiger partial charge is 0.123 e. The van der Waals surface area contributed by atoms with Crippen molar-refractivity contribution in [3.63, 3.8) is 0 Å². The van der Waals surface area contributed by atoms with E-state index in [2.05, 4.69) is 53.8 Å². The summed E-state index contributed by atoms with van der Waals surface area (Å²) in [5.41, 5.74) is 2.73. The predicted octanol–water partition coefficient (Wildman–Crippen LogP) is 4.12. The largest absolute Gasteiger partial charge is 0.490 e. The van der Waals surface area contributed by atoms with E-state index in [1.807, 2.05) is 13.1 Å². The highest BCUT2D eigenvalue weighted by molar-refractivity contribution is 5.37. The molecule has 0 saturated heterocycles. The molecule has 2 heteroatoms. The van der Waals surface area contributed by atoms with Gasteiger partial charge in [0.05, 0.1) is 0 Å². The average molecular weight is 281 g/mol. The lowest BCUT2D eigenvalue weighted by molar-refractivity contribution is 0.214. The number of hydrogen-bond donors (Lipinski definition) is 1. The number of hydrogen-bond acceptors (Lipinski definition) is 2. The summed E-state index contributed by atoms with van der Waals surface area (Å²) in [6.07, 6.45) is 4.87. The minimum absolute atomic E-state index is 0.357. The maximum absolute atomic E-state index is 6.01. The van der Waals surface area contributed by atoms with Gasteiger partial charge >= 0.3 is 0 Å². The van der Waals surface area contributed by atoms with Crippen LogP contribution in [0.4, 0.5) is 0 Å². The van der Waals surface area contributed by atoms with E-state index in [0.717, 1.165) is 25.0 Å². The zero-order chi connectivity index (χ0) is 14.5. The molecule has 0 aromatic heterocycles. The van der Waals surface area contributed by atoms with Crippen molar-refractivity contribution in [2.75, 3.05) is 7.05 Å². The van der Waals surface area contributed by atoms with Crippen LogP contribution in [0.2, 0.25) is 0 Å². The summed E-state index contributed by atoms with van der Waals surface area (Å²) >= 11 is 0. The predicted molar refractivity (Wildman–Crippen MR) is 86.7 cm³/mol. The van der Waals surface area contributed by atoms with Crippen molar-refractivity contribution >= 4 is 0 Å². The Kier molecular flexibility index (Phi) is 4.56. The molecule has 0 saturated carbocycles. The van der Waals surface area contributed by atoms with Gasteiger partial charge in [0.1, 0.15) is 11.9 Å². The van der Waals surface area contributed by atoms with Gasteiger partial charge in [-0.3, -0.25) is 0 Å². The lowest BCUT2D eigenvalue weighted by Gasteiger charge is -2.18. The highest BCUT2D eigenvalue weighted by atomic mass is 16.5. The van der Waals surface area contributed by atoms with Gasteiger partial charge in [-0.1, -0.05) is 48.5 Å². The molecule has 2 nitrogen and oxygen atoms in total. The van der Waals surface area contributed by atoms with Crippen LogP contribution in [-0.4, -0.2) is 13.2 Å². The van der Waals surface area contributed by atoms with Crippen LogP contribution in [0, 0.1) is 0 Å². The minimum atomic E-state index is 0.357. The van der Waals surface area contributed by atoms with Gasteiger partial charge in [0.2, 0.25) is 0 Å². The van der Waals surface area contributed by atoms with E-state index in [-0.39, 0.29) is 0 Å². The Bertz CT molecular complexity index is 542. The number of para-hydroxylation sites is 1. The van der Waals surface area contributed by atoms with Gasteiger partial charge in [-0.05, 0) is 43.5 Å². The normalized spacial score (nSPS) is 18.0. The molecule has 2 aromatic rings. The van der Waals surface area contributed by atoms with Crippen LogP contribution in [0.1, 0.15) is 36.4 Å². The molecule has 0 fully saturated rings. The summed E-state index contributed by atoms with van der Waals surface area (Å²) in [5, 5.41) is 3.42. The lowest BCUT2D eigenvalue weighted by Crippen LogP contribution is -2.18. The zero-order valence-corrected chi connectivity index (χ0v) is 12.6. The van der Waals surface area contributed by atoms with Crippen LogP contribution >= 0.6 is 0 Å². The molecule has 0 bridgehead atoms. The Morgan fingerprint density at radius 2 is 1.86 bits per heavy atom. The second kappa shape index (κ2) is 6.77. The van der Waals surface area contributed by atoms with Crippen molar-refractivity contribution < 1.29 is 4.74 Å². The summed E-state index contributed by atoms with van der Waals surface area (Å²) in [7, 11) is 2.04. The summed E-state index contributed by atoms with van der Waals surface area (Å²) in [5.74, 6) is 1.08. The molecule has 1 heterocycles. The fraction of sp³-hybridized carbons (Fsp3) is 0.368. The van der Waals surface area contributed by atoms with Crippen molar-refractivity contribution in [1.29, 1.82) is 0 Å². The van der Waals surface area contributed by atoms with Crippen molar-refractivity contribution in [3.8, 4) is 5.75 Å². The third-order valence-corrected chi connectivity index (χ3v) is 4.28. The fourth-order valence-corrected chi connectivity index (χ4v) is 3.13. The fourth-order valence-electron chi connectivity index (χ4n) is 3.13. The van der Waals surface area contributed by atoms with Gasteiger partial charge in [0, 0.05) is 12.5 Å². The Balaban J connectivity index is 1.48. The maximum Gasteiger partial charge on any atom is 0.123 e. The summed E-state index contributed by atoms with van der Waals surface area (Å²) in [6.45, 7) is 0. The molecule has 0 amide bonds. The number of ether oxygens (including phenoxy) is 1. The second-order valence-electron chi connectivity index (χ2n) is 5.73. The van der Waals surface area contributed by atoms with Crippen LogP contribution in [-0.2, 0) is 6.42 Å².